The maximum atomic E-state index is 2.44. The number of anilines is 3. The molecule has 0 saturated carbocycles. The molecule has 0 N–H and O–H groups in total. The lowest BCUT2D eigenvalue weighted by Gasteiger charge is -2.27. The highest BCUT2D eigenvalue weighted by Gasteiger charge is 2.22. The molecule has 12 aromatic carbocycles. The van der Waals surface area contributed by atoms with Crippen molar-refractivity contribution in [3.05, 3.63) is 255 Å². The van der Waals surface area contributed by atoms with Gasteiger partial charge in [0.1, 0.15) is 0 Å². The fourth-order valence-corrected chi connectivity index (χ4v) is 10.6. The molecule has 0 aliphatic carbocycles. The first-order valence-electron chi connectivity index (χ1n) is 22.8. The summed E-state index contributed by atoms with van der Waals surface area (Å²) in [6.07, 6.45) is 0. The van der Waals surface area contributed by atoms with Gasteiger partial charge in [-0.15, -0.1) is 0 Å². The van der Waals surface area contributed by atoms with Gasteiger partial charge >= 0.3 is 0 Å². The van der Waals surface area contributed by atoms with Crippen LogP contribution in [-0.2, 0) is 0 Å². The van der Waals surface area contributed by atoms with Crippen LogP contribution in [0.5, 0.6) is 0 Å². The van der Waals surface area contributed by atoms with Gasteiger partial charge in [0.05, 0.1) is 16.7 Å². The predicted molar refractivity (Wildman–Crippen MR) is 282 cm³/mol. The number of aromatic nitrogens is 1. The minimum atomic E-state index is 1.08. The van der Waals surface area contributed by atoms with Gasteiger partial charge in [-0.25, -0.2) is 0 Å². The Morgan fingerprint density at radius 3 is 1.36 bits per heavy atom. The van der Waals surface area contributed by atoms with Gasteiger partial charge < -0.3 is 9.47 Å². The monoisotopic (exact) mass is 838 g/mol. The standard InChI is InChI=1S/C64H42N2/c1-2-19-47(20-3-1)66-61-30-15-14-29-58(61)64-62(31-16-32-63(64)66)65(49-39-35-44(36-40-49)59-41-45-17-4-6-22-51(45)53-24-10-12-27-56(53)59)48-37-33-43(34-38-48)50-21-8-9-26-55(50)60-42-46-18-5-7-23-52(46)54-25-11-13-28-57(54)60/h1-42H. The molecule has 0 radical (unpaired) electrons. The lowest BCUT2D eigenvalue weighted by molar-refractivity contribution is 1.18. The van der Waals surface area contributed by atoms with Crippen LogP contribution in [0.15, 0.2) is 255 Å². The van der Waals surface area contributed by atoms with Crippen LogP contribution in [0.2, 0.25) is 0 Å². The van der Waals surface area contributed by atoms with Crippen molar-refractivity contribution in [1.29, 1.82) is 0 Å². The van der Waals surface area contributed by atoms with Gasteiger partial charge in [-0.2, -0.15) is 0 Å². The number of para-hydroxylation sites is 2. The zero-order chi connectivity index (χ0) is 43.6. The second-order valence-corrected chi connectivity index (χ2v) is 17.2. The summed E-state index contributed by atoms with van der Waals surface area (Å²) in [6, 6.07) is 93.3. The lowest BCUT2D eigenvalue weighted by Crippen LogP contribution is -2.10. The van der Waals surface area contributed by atoms with E-state index in [1.165, 1.54) is 92.8 Å². The van der Waals surface area contributed by atoms with Gasteiger partial charge in [0.2, 0.25) is 0 Å². The van der Waals surface area contributed by atoms with Crippen LogP contribution in [0.4, 0.5) is 17.1 Å². The van der Waals surface area contributed by atoms with Crippen molar-refractivity contribution in [3.63, 3.8) is 0 Å². The molecule has 0 fully saturated rings. The van der Waals surface area contributed by atoms with Crippen LogP contribution in [0.1, 0.15) is 0 Å². The average molecular weight is 839 g/mol. The smallest absolute Gasteiger partial charge is 0.0562 e. The van der Waals surface area contributed by atoms with Crippen LogP contribution >= 0.6 is 0 Å². The molecule has 2 heteroatoms. The topological polar surface area (TPSA) is 8.17 Å². The third-order valence-electron chi connectivity index (χ3n) is 13.6. The molecule has 13 rings (SSSR count). The molecule has 0 aliphatic heterocycles. The summed E-state index contributed by atoms with van der Waals surface area (Å²) in [5.41, 5.74) is 14.0. The van der Waals surface area contributed by atoms with Crippen molar-refractivity contribution in [2.45, 2.75) is 0 Å². The van der Waals surface area contributed by atoms with E-state index in [0.29, 0.717) is 0 Å². The zero-order valence-electron chi connectivity index (χ0n) is 36.1. The van der Waals surface area contributed by atoms with Crippen molar-refractivity contribution in [2.24, 2.45) is 0 Å². The van der Waals surface area contributed by atoms with E-state index in [-0.39, 0.29) is 0 Å². The fourth-order valence-electron chi connectivity index (χ4n) is 10.6. The number of nitrogens with zero attached hydrogens (tertiary/aromatic N) is 2. The molecule has 66 heavy (non-hydrogen) atoms. The Morgan fingerprint density at radius 1 is 0.273 bits per heavy atom. The Bertz CT molecular complexity index is 3970. The van der Waals surface area contributed by atoms with Gasteiger partial charge in [-0.3, -0.25) is 0 Å². The minimum absolute atomic E-state index is 1.08. The Kier molecular flexibility index (Phi) is 8.89. The van der Waals surface area contributed by atoms with Crippen LogP contribution in [0, 0.1) is 0 Å². The average Bonchev–Trinajstić information content (AvgIpc) is 3.74. The Hall–Kier alpha value is -8.72. The van der Waals surface area contributed by atoms with Crippen molar-refractivity contribution in [3.8, 4) is 39.1 Å². The quantitative estimate of drug-likeness (QED) is 0.145. The molecule has 0 spiro atoms. The number of rotatable bonds is 7. The number of hydrogen-bond donors (Lipinski definition) is 0. The highest BCUT2D eigenvalue weighted by molar-refractivity contribution is 6.18. The van der Waals surface area contributed by atoms with Crippen LogP contribution in [-0.4, -0.2) is 4.57 Å². The Labute approximate surface area is 383 Å². The maximum absolute atomic E-state index is 2.44. The Morgan fingerprint density at radius 2 is 0.727 bits per heavy atom. The van der Waals surface area contributed by atoms with Crippen molar-refractivity contribution in [1.82, 2.24) is 4.57 Å². The summed E-state index contributed by atoms with van der Waals surface area (Å²) in [7, 11) is 0. The van der Waals surface area contributed by atoms with E-state index in [1.54, 1.807) is 0 Å². The molecule has 2 nitrogen and oxygen atoms in total. The maximum Gasteiger partial charge on any atom is 0.0562 e. The van der Waals surface area contributed by atoms with E-state index in [2.05, 4.69) is 264 Å². The van der Waals surface area contributed by atoms with Crippen LogP contribution in [0.3, 0.4) is 0 Å². The van der Waals surface area contributed by atoms with E-state index in [9.17, 15) is 0 Å². The summed E-state index contributed by atoms with van der Waals surface area (Å²) >= 11 is 0. The molecule has 0 atom stereocenters. The number of hydrogen-bond acceptors (Lipinski definition) is 1. The first-order chi connectivity index (χ1) is 32.8. The van der Waals surface area contributed by atoms with E-state index < -0.39 is 0 Å². The molecule has 0 amide bonds. The first kappa shape index (κ1) is 37.8. The largest absolute Gasteiger partial charge is 0.310 e. The van der Waals surface area contributed by atoms with E-state index in [1.807, 2.05) is 0 Å². The SMILES string of the molecule is c1ccc(-n2c3ccccc3c3c(N(c4ccc(-c5ccccc5-c5cc6ccccc6c6ccccc56)cc4)c4ccc(-c5cc6ccccc6c6ccccc56)cc4)cccc32)cc1. The second kappa shape index (κ2) is 15.5. The van der Waals surface area contributed by atoms with Crippen molar-refractivity contribution >= 4 is 82.0 Å². The minimum Gasteiger partial charge on any atom is -0.310 e. The van der Waals surface area contributed by atoms with Gasteiger partial charge in [0.25, 0.3) is 0 Å². The third kappa shape index (κ3) is 6.11. The van der Waals surface area contributed by atoms with Gasteiger partial charge in [-0.05, 0) is 143 Å². The van der Waals surface area contributed by atoms with Gasteiger partial charge in [-0.1, -0.05) is 188 Å². The molecule has 0 saturated heterocycles. The number of benzene rings is 12. The summed E-state index contributed by atoms with van der Waals surface area (Å²) in [6.45, 7) is 0. The third-order valence-corrected chi connectivity index (χ3v) is 13.6. The molecule has 0 unspecified atom stereocenters. The van der Waals surface area contributed by atoms with Crippen LogP contribution < -0.4 is 4.90 Å². The summed E-state index contributed by atoms with van der Waals surface area (Å²) in [5.74, 6) is 0. The summed E-state index contributed by atoms with van der Waals surface area (Å²) in [5, 5.41) is 12.5. The molecule has 13 aromatic rings. The molecular weight excluding hydrogens is 797 g/mol. The van der Waals surface area contributed by atoms with Crippen LogP contribution in [0.25, 0.3) is 104 Å². The highest BCUT2D eigenvalue weighted by Crippen LogP contribution is 2.46. The molecule has 0 aliphatic rings. The van der Waals surface area contributed by atoms with Gasteiger partial charge in [0.15, 0.2) is 0 Å². The van der Waals surface area contributed by atoms with E-state index >= 15 is 0 Å². The molecule has 308 valence electrons. The lowest BCUT2D eigenvalue weighted by atomic mass is 9.89. The predicted octanol–water partition coefficient (Wildman–Crippen LogP) is 17.9. The van der Waals surface area contributed by atoms with Crippen molar-refractivity contribution in [2.75, 3.05) is 4.90 Å². The highest BCUT2D eigenvalue weighted by atomic mass is 15.1. The zero-order valence-corrected chi connectivity index (χ0v) is 36.1. The molecular formula is C64H42N2. The van der Waals surface area contributed by atoms with E-state index in [0.717, 1.165) is 28.3 Å². The van der Waals surface area contributed by atoms with Crippen molar-refractivity contribution < 1.29 is 0 Å². The first-order valence-corrected chi connectivity index (χ1v) is 22.8. The number of fused-ring (bicyclic) bond motifs is 9. The molecule has 1 heterocycles. The fraction of sp³-hybridized carbons (Fsp3) is 0. The Balaban J connectivity index is 0.990. The normalized spacial score (nSPS) is 11.6. The molecule has 1 aromatic heterocycles. The summed E-state index contributed by atoms with van der Waals surface area (Å²) in [4.78, 5) is 2.44. The second-order valence-electron chi connectivity index (χ2n) is 17.2. The molecule has 0 bridgehead atoms. The van der Waals surface area contributed by atoms with E-state index in [4.69, 9.17) is 0 Å². The van der Waals surface area contributed by atoms with Gasteiger partial charge in [0, 0.05) is 27.8 Å². The summed E-state index contributed by atoms with van der Waals surface area (Å²) < 4.78 is 2.40.